The lowest BCUT2D eigenvalue weighted by Gasteiger charge is -2.26. The highest BCUT2D eigenvalue weighted by Crippen LogP contribution is 2.49. The minimum atomic E-state index is 0.924. The summed E-state index contributed by atoms with van der Waals surface area (Å²) in [5, 5.41) is 33.8. The molecule has 0 aliphatic rings. The third-order valence-electron chi connectivity index (χ3n) is 28.4. The van der Waals surface area contributed by atoms with E-state index in [9.17, 15) is 0 Å². The lowest BCUT2D eigenvalue weighted by Crippen LogP contribution is -2.10. The van der Waals surface area contributed by atoms with Crippen LogP contribution < -0.4 is 14.7 Å². The van der Waals surface area contributed by atoms with E-state index >= 15 is 0 Å². The minimum Gasteiger partial charge on any atom is -0.456 e. The molecule has 0 spiro atoms. The van der Waals surface area contributed by atoms with Crippen LogP contribution in [0.5, 0.6) is 0 Å². The van der Waals surface area contributed by atoms with Crippen molar-refractivity contribution >= 4 is 235 Å². The maximum atomic E-state index is 6.44. The summed E-state index contributed by atoms with van der Waals surface area (Å²) in [6, 6.07) is 185. The number of anilines is 9. The monoisotopic (exact) mass is 1780 g/mol. The number of nitrogens with zero attached hydrogens (tertiary/aromatic N) is 3. The first-order valence-corrected chi connectivity index (χ1v) is 47.9. The lowest BCUT2D eigenvalue weighted by atomic mass is 9.94. The maximum Gasteiger partial charge on any atom is 0.143 e. The third kappa shape index (κ3) is 14.1. The van der Waals surface area contributed by atoms with Crippen LogP contribution in [0.15, 0.2) is 529 Å². The SMILES string of the molecule is c1ccc(-c2ccc(N(c3ccc4ccccc4c3)c3ccc4c(ccc5ccc6c(ccc7c8ccccc8oc76)c54)c3)cc2)cc1.c1ccc(-c2ccc(N(c3ccc4ccccc4c3)c3ccc4c(ccc5ccc6c(ccc7oc8ccccc8c76)c54)c3)cc2)cc1.c1ccc(-c2ccc(N(c3ccccc3)c3ccc4c(ccc5ccc6c(ccc7c8ccccc8oc76)c54)c3)cc2)cc1. The van der Waals surface area contributed by atoms with Gasteiger partial charge in [0.2, 0.25) is 0 Å². The van der Waals surface area contributed by atoms with Crippen LogP contribution in [0.25, 0.3) is 218 Å². The van der Waals surface area contributed by atoms with Gasteiger partial charge in [0.05, 0.1) is 0 Å². The molecule has 0 aliphatic heterocycles. The summed E-state index contributed by atoms with van der Waals surface area (Å²) in [5.41, 5.74) is 22.9. The highest BCUT2D eigenvalue weighted by Gasteiger charge is 2.24. The van der Waals surface area contributed by atoms with Gasteiger partial charge in [-0.3, -0.25) is 0 Å². The van der Waals surface area contributed by atoms with E-state index in [0.717, 1.165) is 122 Å². The first-order valence-electron chi connectivity index (χ1n) is 47.9. The Morgan fingerprint density at radius 3 is 0.757 bits per heavy atom. The molecule has 0 saturated heterocycles. The van der Waals surface area contributed by atoms with Gasteiger partial charge in [-0.1, -0.05) is 352 Å². The Morgan fingerprint density at radius 2 is 0.350 bits per heavy atom. The molecule has 0 bridgehead atoms. The first-order chi connectivity index (χ1) is 69.4. The Labute approximate surface area is 806 Å². The number of fused-ring (bicyclic) bond motifs is 29. The van der Waals surface area contributed by atoms with Crippen LogP contribution >= 0.6 is 0 Å². The molecule has 3 aromatic heterocycles. The quantitative estimate of drug-likeness (QED) is 0.114. The maximum absolute atomic E-state index is 6.44. The summed E-state index contributed by atoms with van der Waals surface area (Å²) >= 11 is 0. The summed E-state index contributed by atoms with van der Waals surface area (Å²) in [4.78, 5) is 7.07. The van der Waals surface area contributed by atoms with Crippen LogP contribution in [0.1, 0.15) is 0 Å². The van der Waals surface area contributed by atoms with Gasteiger partial charge in [0.15, 0.2) is 0 Å². The molecule has 0 aliphatic carbocycles. The molecule has 6 nitrogen and oxygen atoms in total. The van der Waals surface area contributed by atoms with Crippen molar-refractivity contribution in [3.63, 3.8) is 0 Å². The molecule has 0 amide bonds. The molecule has 0 radical (unpaired) electrons. The predicted molar refractivity (Wildman–Crippen MR) is 594 cm³/mol. The molecule has 654 valence electrons. The third-order valence-corrected chi connectivity index (χ3v) is 28.4. The van der Waals surface area contributed by atoms with E-state index in [0.29, 0.717) is 0 Å². The summed E-state index contributed by atoms with van der Waals surface area (Å²) in [6.45, 7) is 0. The second-order valence-corrected chi connectivity index (χ2v) is 36.5. The van der Waals surface area contributed by atoms with E-state index in [4.69, 9.17) is 13.3 Å². The Balaban J connectivity index is 0.000000106. The van der Waals surface area contributed by atoms with Crippen LogP contribution in [0, 0.1) is 0 Å². The second kappa shape index (κ2) is 33.8. The Bertz CT molecular complexity index is 9940. The van der Waals surface area contributed by atoms with Crippen LogP contribution in [-0.2, 0) is 0 Å². The van der Waals surface area contributed by atoms with E-state index in [2.05, 4.69) is 506 Å². The lowest BCUT2D eigenvalue weighted by molar-refractivity contribution is 0.669. The average Bonchev–Trinajstić information content (AvgIpc) is 1.44. The standard InChI is InChI=1S/2C46H29NO.C42H27NO/c1-2-8-30(9-3-1)32-16-20-36(21-17-32)47(37-22-18-31-10-4-5-11-34(31)28-37)38-23-25-39-35(29-38)15-14-33-19-24-41-40(45(33)39)26-27-44-46(41)42-12-6-7-13-43(42)48-44;1-2-8-30(9-3-1)32-16-20-36(21-17-32)47(37-22-18-31-10-4-5-11-34(31)28-37)38-23-25-39-35(29-38)15-14-33-19-24-43-41(45(33)39)26-27-42-40-12-6-7-13-44(40)48-46(42)43;1-3-9-28(10-4-1)29-17-20-33(21-18-29)43(32-11-5-2-6-12-32)34-22-24-35-31(27-34)16-15-30-19-23-39-37(41(30)35)25-26-38-36-13-7-8-14-40(36)44-42(38)39/h2*1-29H;1-27H. The predicted octanol–water partition coefficient (Wildman–Crippen LogP) is 38.9. The molecule has 0 N–H and O–H groups in total. The van der Waals surface area contributed by atoms with Crippen molar-refractivity contribution in [3.8, 4) is 33.4 Å². The van der Waals surface area contributed by atoms with E-state index < -0.39 is 0 Å². The van der Waals surface area contributed by atoms with Gasteiger partial charge in [-0.25, -0.2) is 0 Å². The van der Waals surface area contributed by atoms with Crippen molar-refractivity contribution < 1.29 is 13.3 Å². The Kier molecular flexibility index (Phi) is 19.5. The van der Waals surface area contributed by atoms with Crippen LogP contribution in [0.2, 0.25) is 0 Å². The number of furan rings is 3. The zero-order valence-corrected chi connectivity index (χ0v) is 76.1. The highest BCUT2D eigenvalue weighted by atomic mass is 16.3. The van der Waals surface area contributed by atoms with Gasteiger partial charge in [-0.05, 0) is 305 Å². The molecule has 29 aromatic rings. The molecular formula is C134H85N3O3. The highest BCUT2D eigenvalue weighted by molar-refractivity contribution is 6.31. The molecule has 0 unspecified atom stereocenters. The number of para-hydroxylation sites is 4. The van der Waals surface area contributed by atoms with E-state index in [1.807, 2.05) is 24.3 Å². The molecule has 0 fully saturated rings. The normalized spacial score (nSPS) is 11.7. The van der Waals surface area contributed by atoms with Crippen molar-refractivity contribution in [1.82, 2.24) is 0 Å². The molecular weight excluding hydrogens is 1700 g/mol. The van der Waals surface area contributed by atoms with Crippen LogP contribution in [-0.4, -0.2) is 0 Å². The van der Waals surface area contributed by atoms with Crippen molar-refractivity contribution in [2.75, 3.05) is 14.7 Å². The molecule has 3 heterocycles. The van der Waals surface area contributed by atoms with Gasteiger partial charge < -0.3 is 28.0 Å². The number of hydrogen-bond acceptors (Lipinski definition) is 6. The number of hydrogen-bond donors (Lipinski definition) is 0. The first kappa shape index (κ1) is 81.0. The zero-order chi connectivity index (χ0) is 92.2. The summed E-state index contributed by atoms with van der Waals surface area (Å²) in [6.07, 6.45) is 0. The fourth-order valence-electron chi connectivity index (χ4n) is 21.7. The molecule has 6 heteroatoms. The summed E-state index contributed by atoms with van der Waals surface area (Å²) < 4.78 is 19.1. The van der Waals surface area contributed by atoms with Gasteiger partial charge in [0.25, 0.3) is 0 Å². The topological polar surface area (TPSA) is 49.1 Å². The number of rotatable bonds is 12. The Morgan fingerprint density at radius 1 is 0.114 bits per heavy atom. The van der Waals surface area contributed by atoms with Crippen LogP contribution in [0.3, 0.4) is 0 Å². The molecule has 0 atom stereocenters. The zero-order valence-electron chi connectivity index (χ0n) is 76.1. The van der Waals surface area contributed by atoms with Gasteiger partial charge >= 0.3 is 0 Å². The smallest absolute Gasteiger partial charge is 0.143 e. The summed E-state index contributed by atoms with van der Waals surface area (Å²) in [7, 11) is 0. The van der Waals surface area contributed by atoms with E-state index in [-0.39, 0.29) is 0 Å². The van der Waals surface area contributed by atoms with Crippen molar-refractivity contribution in [1.29, 1.82) is 0 Å². The van der Waals surface area contributed by atoms with E-state index in [1.165, 1.54) is 146 Å². The summed E-state index contributed by atoms with van der Waals surface area (Å²) in [5.74, 6) is 0. The fraction of sp³-hybridized carbons (Fsp3) is 0. The van der Waals surface area contributed by atoms with Gasteiger partial charge in [0, 0.05) is 94.3 Å². The molecule has 0 saturated carbocycles. The van der Waals surface area contributed by atoms with Crippen molar-refractivity contribution in [2.45, 2.75) is 0 Å². The largest absolute Gasteiger partial charge is 0.456 e. The van der Waals surface area contributed by atoms with Crippen molar-refractivity contribution in [2.24, 2.45) is 0 Å². The molecule has 140 heavy (non-hydrogen) atoms. The fourth-order valence-corrected chi connectivity index (χ4v) is 21.7. The minimum absolute atomic E-state index is 0.924. The van der Waals surface area contributed by atoms with Crippen molar-refractivity contribution in [3.05, 3.63) is 516 Å². The van der Waals surface area contributed by atoms with Gasteiger partial charge in [-0.15, -0.1) is 0 Å². The number of benzene rings is 26. The Hall–Kier alpha value is -18.6. The van der Waals surface area contributed by atoms with E-state index in [1.54, 1.807) is 0 Å². The second-order valence-electron chi connectivity index (χ2n) is 36.5. The van der Waals surface area contributed by atoms with Gasteiger partial charge in [0.1, 0.15) is 33.5 Å². The average molecular weight is 1790 g/mol. The molecule has 29 rings (SSSR count). The molecule has 26 aromatic carbocycles. The van der Waals surface area contributed by atoms with Crippen LogP contribution in [0.4, 0.5) is 51.2 Å². The van der Waals surface area contributed by atoms with Gasteiger partial charge in [-0.2, -0.15) is 0 Å².